The Labute approximate surface area is 116 Å². The molecule has 8 nitrogen and oxygen atoms in total. The van der Waals surface area contributed by atoms with Gasteiger partial charge in [0, 0.05) is 12.8 Å². The third-order valence-electron chi connectivity index (χ3n) is 2.55. The number of hydrogen-bond donors (Lipinski definition) is 4. The van der Waals surface area contributed by atoms with Crippen molar-refractivity contribution in [1.82, 2.24) is 0 Å². The number of ether oxygens (including phenoxy) is 2. The smallest absolute Gasteiger partial charge is 0.305 e. The van der Waals surface area contributed by atoms with Gasteiger partial charge in [0.1, 0.15) is 37.6 Å². The van der Waals surface area contributed by atoms with Gasteiger partial charge in [-0.15, -0.1) is 0 Å². The third-order valence-corrected chi connectivity index (χ3v) is 2.55. The normalized spacial score (nSPS) is 16.9. The first-order valence-electron chi connectivity index (χ1n) is 6.36. The molecule has 8 heteroatoms. The van der Waals surface area contributed by atoms with Crippen LogP contribution in [0, 0.1) is 0 Å². The van der Waals surface area contributed by atoms with Crippen molar-refractivity contribution in [3.63, 3.8) is 0 Å². The van der Waals surface area contributed by atoms with Crippen LogP contribution in [0.5, 0.6) is 0 Å². The SMILES string of the molecule is CCC(=O)OC[C@@H](O)[C@@H](O)[C@H](O)[C@@H](O)COC(=O)CC. The summed E-state index contributed by atoms with van der Waals surface area (Å²) in [4.78, 5) is 21.7. The van der Waals surface area contributed by atoms with Crippen LogP contribution in [0.2, 0.25) is 0 Å². The summed E-state index contributed by atoms with van der Waals surface area (Å²) in [5, 5.41) is 38.1. The minimum absolute atomic E-state index is 0.112. The van der Waals surface area contributed by atoms with Crippen molar-refractivity contribution in [1.29, 1.82) is 0 Å². The summed E-state index contributed by atoms with van der Waals surface area (Å²) >= 11 is 0. The van der Waals surface area contributed by atoms with Crippen LogP contribution in [0.4, 0.5) is 0 Å². The van der Waals surface area contributed by atoms with Crippen LogP contribution >= 0.6 is 0 Å². The first-order chi connectivity index (χ1) is 9.33. The third kappa shape index (κ3) is 6.80. The Kier molecular flexibility index (Phi) is 9.06. The quantitative estimate of drug-likeness (QED) is 0.371. The van der Waals surface area contributed by atoms with Crippen LogP contribution in [-0.4, -0.2) is 70.0 Å². The molecule has 0 bridgehead atoms. The molecule has 118 valence electrons. The molecule has 0 aliphatic heterocycles. The standard InChI is InChI=1S/C12H22O8/c1-3-9(15)19-5-7(13)11(17)12(18)8(14)6-20-10(16)4-2/h7-8,11-14,17-18H,3-6H2,1-2H3/t7-,8+,11-,12-/m1/s1. The predicted molar refractivity (Wildman–Crippen MR) is 66.5 cm³/mol. The summed E-state index contributed by atoms with van der Waals surface area (Å²) in [5.41, 5.74) is 0. The first-order valence-corrected chi connectivity index (χ1v) is 6.36. The van der Waals surface area contributed by atoms with Gasteiger partial charge in [-0.05, 0) is 0 Å². The van der Waals surface area contributed by atoms with Crippen LogP contribution in [0.1, 0.15) is 26.7 Å². The summed E-state index contributed by atoms with van der Waals surface area (Å²) < 4.78 is 9.19. The second-order valence-electron chi connectivity index (χ2n) is 4.19. The maximum atomic E-state index is 10.9. The molecular weight excluding hydrogens is 272 g/mol. The van der Waals surface area contributed by atoms with E-state index in [9.17, 15) is 30.0 Å². The first kappa shape index (κ1) is 18.8. The average molecular weight is 294 g/mol. The largest absolute Gasteiger partial charge is 0.463 e. The van der Waals surface area contributed by atoms with Crippen molar-refractivity contribution in [3.8, 4) is 0 Å². The highest BCUT2D eigenvalue weighted by atomic mass is 16.5. The van der Waals surface area contributed by atoms with Gasteiger partial charge >= 0.3 is 11.9 Å². The van der Waals surface area contributed by atoms with E-state index >= 15 is 0 Å². The molecule has 0 aromatic carbocycles. The Balaban J connectivity index is 4.19. The molecule has 0 aliphatic rings. The Morgan fingerprint density at radius 1 is 0.800 bits per heavy atom. The molecule has 4 N–H and O–H groups in total. The molecule has 0 saturated heterocycles. The fraction of sp³-hybridized carbons (Fsp3) is 0.833. The highest BCUT2D eigenvalue weighted by molar-refractivity contribution is 5.69. The van der Waals surface area contributed by atoms with Gasteiger partial charge in [-0.25, -0.2) is 0 Å². The predicted octanol–water partition coefficient (Wildman–Crippen LogP) is -1.66. The van der Waals surface area contributed by atoms with E-state index in [0.29, 0.717) is 0 Å². The lowest BCUT2D eigenvalue weighted by Crippen LogP contribution is -2.48. The van der Waals surface area contributed by atoms with Crippen LogP contribution in [0.15, 0.2) is 0 Å². The zero-order valence-electron chi connectivity index (χ0n) is 11.6. The molecule has 4 atom stereocenters. The molecular formula is C12H22O8. The molecule has 0 spiro atoms. The number of carbonyl (C=O) groups is 2. The van der Waals surface area contributed by atoms with E-state index < -0.39 is 49.6 Å². The summed E-state index contributed by atoms with van der Waals surface area (Å²) in [6, 6.07) is 0. The van der Waals surface area contributed by atoms with E-state index in [4.69, 9.17) is 0 Å². The minimum Gasteiger partial charge on any atom is -0.463 e. The molecule has 0 radical (unpaired) electrons. The lowest BCUT2D eigenvalue weighted by atomic mass is 10.0. The molecule has 0 rings (SSSR count). The molecule has 0 amide bonds. The summed E-state index contributed by atoms with van der Waals surface area (Å²) in [6.07, 6.45) is -6.37. The average Bonchev–Trinajstić information content (AvgIpc) is 2.47. The highest BCUT2D eigenvalue weighted by Crippen LogP contribution is 2.07. The Morgan fingerprint density at radius 3 is 1.35 bits per heavy atom. The van der Waals surface area contributed by atoms with Gasteiger partial charge in [-0.1, -0.05) is 13.8 Å². The molecule has 0 fully saturated rings. The lowest BCUT2D eigenvalue weighted by Gasteiger charge is -2.26. The monoisotopic (exact) mass is 294 g/mol. The van der Waals surface area contributed by atoms with Crippen LogP contribution in [0.3, 0.4) is 0 Å². The Hall–Kier alpha value is -1.22. The van der Waals surface area contributed by atoms with E-state index in [1.807, 2.05) is 0 Å². The number of rotatable bonds is 9. The zero-order valence-corrected chi connectivity index (χ0v) is 11.6. The Morgan fingerprint density at radius 2 is 1.10 bits per heavy atom. The van der Waals surface area contributed by atoms with Crippen LogP contribution < -0.4 is 0 Å². The fourth-order valence-electron chi connectivity index (χ4n) is 1.21. The molecule has 0 aromatic rings. The van der Waals surface area contributed by atoms with Crippen molar-refractivity contribution in [2.75, 3.05) is 13.2 Å². The number of esters is 2. The van der Waals surface area contributed by atoms with Gasteiger partial charge in [-0.2, -0.15) is 0 Å². The van der Waals surface area contributed by atoms with Crippen LogP contribution in [0.25, 0.3) is 0 Å². The van der Waals surface area contributed by atoms with E-state index in [-0.39, 0.29) is 12.8 Å². The van der Waals surface area contributed by atoms with Gasteiger partial charge in [0.15, 0.2) is 0 Å². The van der Waals surface area contributed by atoms with E-state index in [2.05, 4.69) is 9.47 Å². The van der Waals surface area contributed by atoms with Gasteiger partial charge in [0.2, 0.25) is 0 Å². The van der Waals surface area contributed by atoms with Gasteiger partial charge < -0.3 is 29.9 Å². The summed E-state index contributed by atoms with van der Waals surface area (Å²) in [5.74, 6) is -1.13. The maximum Gasteiger partial charge on any atom is 0.305 e. The van der Waals surface area contributed by atoms with Crippen LogP contribution in [-0.2, 0) is 19.1 Å². The topological polar surface area (TPSA) is 134 Å². The minimum atomic E-state index is -1.74. The van der Waals surface area contributed by atoms with Gasteiger partial charge in [-0.3, -0.25) is 9.59 Å². The van der Waals surface area contributed by atoms with Gasteiger partial charge in [0.05, 0.1) is 0 Å². The van der Waals surface area contributed by atoms with Crippen molar-refractivity contribution < 1.29 is 39.5 Å². The van der Waals surface area contributed by atoms with Crippen molar-refractivity contribution in [2.24, 2.45) is 0 Å². The van der Waals surface area contributed by atoms with E-state index in [1.165, 1.54) is 0 Å². The van der Waals surface area contributed by atoms with E-state index in [0.717, 1.165) is 0 Å². The number of aliphatic hydroxyl groups is 4. The molecule has 0 heterocycles. The molecule has 20 heavy (non-hydrogen) atoms. The zero-order chi connectivity index (χ0) is 15.7. The Bertz CT molecular complexity index is 276. The van der Waals surface area contributed by atoms with Crippen molar-refractivity contribution >= 4 is 11.9 Å². The lowest BCUT2D eigenvalue weighted by molar-refractivity contribution is -0.162. The molecule has 0 aromatic heterocycles. The second kappa shape index (κ2) is 9.65. The van der Waals surface area contributed by atoms with Crippen molar-refractivity contribution in [2.45, 2.75) is 51.1 Å². The number of carbonyl (C=O) groups excluding carboxylic acids is 2. The van der Waals surface area contributed by atoms with Crippen molar-refractivity contribution in [3.05, 3.63) is 0 Å². The highest BCUT2D eigenvalue weighted by Gasteiger charge is 2.31. The maximum absolute atomic E-state index is 10.9. The van der Waals surface area contributed by atoms with Gasteiger partial charge in [0.25, 0.3) is 0 Å². The number of aliphatic hydroxyl groups excluding tert-OH is 4. The molecule has 0 saturated carbocycles. The summed E-state index contributed by atoms with van der Waals surface area (Å²) in [6.45, 7) is 2.11. The molecule has 0 aliphatic carbocycles. The fourth-order valence-corrected chi connectivity index (χ4v) is 1.21. The number of hydrogen-bond acceptors (Lipinski definition) is 8. The molecule has 0 unspecified atom stereocenters. The second-order valence-corrected chi connectivity index (χ2v) is 4.19. The summed E-state index contributed by atoms with van der Waals surface area (Å²) in [7, 11) is 0. The van der Waals surface area contributed by atoms with E-state index in [1.54, 1.807) is 13.8 Å².